The number of aryl methyl sites for hydroxylation is 2. The third-order valence-electron chi connectivity index (χ3n) is 4.84. The van der Waals surface area contributed by atoms with Crippen LogP contribution in [-0.2, 0) is 6.54 Å². The van der Waals surface area contributed by atoms with Gasteiger partial charge >= 0.3 is 0 Å². The molecule has 0 saturated heterocycles. The summed E-state index contributed by atoms with van der Waals surface area (Å²) in [5.74, 6) is -0.316. The lowest BCUT2D eigenvalue weighted by molar-refractivity contribution is -0.384. The number of carbonyl (C=O) groups excluding carboxylic acids is 1. The van der Waals surface area contributed by atoms with E-state index in [1.165, 1.54) is 24.3 Å². The Labute approximate surface area is 172 Å². The van der Waals surface area contributed by atoms with Crippen LogP contribution in [-0.4, -0.2) is 25.6 Å². The molecule has 8 heteroatoms. The molecule has 0 aliphatic carbocycles. The van der Waals surface area contributed by atoms with E-state index in [4.69, 9.17) is 4.98 Å². The molecular weight excluding hydrogens is 382 g/mol. The Morgan fingerprint density at radius 2 is 1.90 bits per heavy atom. The number of anilines is 1. The quantitative estimate of drug-likeness (QED) is 0.389. The predicted octanol–water partition coefficient (Wildman–Crippen LogP) is 4.59. The molecule has 0 bridgehead atoms. The van der Waals surface area contributed by atoms with E-state index in [1.54, 1.807) is 6.07 Å². The first-order chi connectivity index (χ1) is 14.5. The molecule has 0 aliphatic rings. The first-order valence-electron chi connectivity index (χ1n) is 9.46. The first-order valence-corrected chi connectivity index (χ1v) is 9.46. The number of nitrogens with one attached hydrogen (secondary N) is 1. The Kier molecular flexibility index (Phi) is 4.97. The number of nitro benzene ring substituents is 1. The molecule has 0 atom stereocenters. The smallest absolute Gasteiger partial charge is 0.269 e. The Bertz CT molecular complexity index is 1260. The molecule has 1 N–H and O–H groups in total. The number of carbonyl (C=O) groups is 1. The molecule has 0 fully saturated rings. The fourth-order valence-corrected chi connectivity index (χ4v) is 3.30. The van der Waals surface area contributed by atoms with E-state index >= 15 is 0 Å². The van der Waals surface area contributed by atoms with Crippen molar-refractivity contribution in [3.8, 4) is 11.3 Å². The van der Waals surface area contributed by atoms with E-state index in [0.717, 1.165) is 23.2 Å². The van der Waals surface area contributed by atoms with Gasteiger partial charge in [-0.15, -0.1) is 0 Å². The summed E-state index contributed by atoms with van der Waals surface area (Å²) in [5.41, 5.74) is 3.98. The second-order valence-electron chi connectivity index (χ2n) is 6.81. The van der Waals surface area contributed by atoms with Crippen LogP contribution in [0.4, 0.5) is 11.4 Å². The van der Waals surface area contributed by atoms with Gasteiger partial charge in [-0.05, 0) is 38.1 Å². The number of fused-ring (bicyclic) bond motifs is 1. The van der Waals surface area contributed by atoms with E-state index in [2.05, 4.69) is 10.4 Å². The van der Waals surface area contributed by atoms with Crippen molar-refractivity contribution in [2.24, 2.45) is 0 Å². The summed E-state index contributed by atoms with van der Waals surface area (Å²) in [7, 11) is 0. The Hall–Kier alpha value is -4.07. The molecule has 2 aromatic carbocycles. The summed E-state index contributed by atoms with van der Waals surface area (Å²) < 4.78 is 1.83. The molecule has 0 spiro atoms. The van der Waals surface area contributed by atoms with Crippen molar-refractivity contribution < 1.29 is 9.72 Å². The van der Waals surface area contributed by atoms with Gasteiger partial charge < -0.3 is 5.32 Å². The molecule has 2 heterocycles. The van der Waals surface area contributed by atoms with Crippen LogP contribution in [0.1, 0.15) is 23.0 Å². The molecule has 4 rings (SSSR count). The van der Waals surface area contributed by atoms with Crippen molar-refractivity contribution in [3.05, 3.63) is 82.2 Å². The van der Waals surface area contributed by atoms with E-state index in [1.807, 2.05) is 49.0 Å². The summed E-state index contributed by atoms with van der Waals surface area (Å²) in [6.07, 6.45) is 1.92. The van der Waals surface area contributed by atoms with Crippen molar-refractivity contribution in [2.45, 2.75) is 20.4 Å². The highest BCUT2D eigenvalue weighted by atomic mass is 16.6. The van der Waals surface area contributed by atoms with Crippen LogP contribution in [0.3, 0.4) is 0 Å². The zero-order valence-corrected chi connectivity index (χ0v) is 16.5. The third kappa shape index (κ3) is 3.62. The number of non-ortho nitro benzene ring substituents is 1. The second-order valence-corrected chi connectivity index (χ2v) is 6.81. The zero-order chi connectivity index (χ0) is 21.3. The Morgan fingerprint density at radius 1 is 1.17 bits per heavy atom. The molecule has 150 valence electrons. The van der Waals surface area contributed by atoms with Gasteiger partial charge in [-0.2, -0.15) is 5.10 Å². The monoisotopic (exact) mass is 401 g/mol. The van der Waals surface area contributed by atoms with Gasteiger partial charge in [0.2, 0.25) is 0 Å². The summed E-state index contributed by atoms with van der Waals surface area (Å²) in [6.45, 7) is 4.66. The number of aromatic nitrogens is 3. The molecule has 2 aromatic heterocycles. The standard InChI is InChI=1S/C22H19N5O3/c1-3-26-13-19(14(2)25-26)21-12-18(17-6-4-5-7-20(17)24-21)22(28)23-15-8-10-16(11-9-15)27(29)30/h4-13H,3H2,1-2H3,(H,23,28). The van der Waals surface area contributed by atoms with Gasteiger partial charge in [-0.25, -0.2) is 4.98 Å². The summed E-state index contributed by atoms with van der Waals surface area (Å²) in [5, 5.41) is 18.8. The number of para-hydroxylation sites is 1. The molecule has 30 heavy (non-hydrogen) atoms. The van der Waals surface area contributed by atoms with Gasteiger partial charge in [0.1, 0.15) is 0 Å². The molecule has 0 unspecified atom stereocenters. The molecule has 1 amide bonds. The lowest BCUT2D eigenvalue weighted by Crippen LogP contribution is -2.13. The van der Waals surface area contributed by atoms with Crippen molar-refractivity contribution in [1.82, 2.24) is 14.8 Å². The number of benzene rings is 2. The molecule has 0 saturated carbocycles. The second kappa shape index (κ2) is 7.75. The maximum Gasteiger partial charge on any atom is 0.269 e. The van der Waals surface area contributed by atoms with Crippen LogP contribution in [0, 0.1) is 17.0 Å². The van der Waals surface area contributed by atoms with Gasteiger partial charge in [0.25, 0.3) is 11.6 Å². The number of amides is 1. The molecular formula is C22H19N5O3. The fourth-order valence-electron chi connectivity index (χ4n) is 3.30. The van der Waals surface area contributed by atoms with Gasteiger partial charge in [0.15, 0.2) is 0 Å². The minimum absolute atomic E-state index is 0.0342. The van der Waals surface area contributed by atoms with Crippen LogP contribution in [0.5, 0.6) is 0 Å². The van der Waals surface area contributed by atoms with E-state index in [0.29, 0.717) is 22.5 Å². The lowest BCUT2D eigenvalue weighted by Gasteiger charge is -2.10. The summed E-state index contributed by atoms with van der Waals surface area (Å²) in [4.78, 5) is 28.2. The van der Waals surface area contributed by atoms with Crippen molar-refractivity contribution in [2.75, 3.05) is 5.32 Å². The predicted molar refractivity (Wildman–Crippen MR) is 114 cm³/mol. The lowest BCUT2D eigenvalue weighted by atomic mass is 10.0. The van der Waals surface area contributed by atoms with E-state index in [9.17, 15) is 14.9 Å². The van der Waals surface area contributed by atoms with Crippen molar-refractivity contribution >= 4 is 28.2 Å². The minimum Gasteiger partial charge on any atom is -0.322 e. The highest BCUT2D eigenvalue weighted by Crippen LogP contribution is 2.27. The highest BCUT2D eigenvalue weighted by molar-refractivity contribution is 6.13. The average molecular weight is 401 g/mol. The molecule has 4 aromatic rings. The SMILES string of the molecule is CCn1cc(-c2cc(C(=O)Nc3ccc([N+](=O)[O-])cc3)c3ccccc3n2)c(C)n1. The summed E-state index contributed by atoms with van der Waals surface area (Å²) in [6, 6.07) is 14.9. The van der Waals surface area contributed by atoms with Gasteiger partial charge in [0, 0.05) is 41.5 Å². The minimum atomic E-state index is -0.479. The number of nitrogens with zero attached hydrogens (tertiary/aromatic N) is 4. The van der Waals surface area contributed by atoms with Crippen LogP contribution in [0.2, 0.25) is 0 Å². The van der Waals surface area contributed by atoms with Gasteiger partial charge in [0.05, 0.1) is 27.4 Å². The van der Waals surface area contributed by atoms with Crippen LogP contribution < -0.4 is 5.32 Å². The molecule has 0 radical (unpaired) electrons. The normalized spacial score (nSPS) is 10.9. The van der Waals surface area contributed by atoms with Gasteiger partial charge in [-0.1, -0.05) is 18.2 Å². The maximum absolute atomic E-state index is 13.1. The van der Waals surface area contributed by atoms with Crippen LogP contribution >= 0.6 is 0 Å². The Morgan fingerprint density at radius 3 is 2.57 bits per heavy atom. The largest absolute Gasteiger partial charge is 0.322 e. The Balaban J connectivity index is 1.76. The highest BCUT2D eigenvalue weighted by Gasteiger charge is 2.17. The zero-order valence-electron chi connectivity index (χ0n) is 16.5. The average Bonchev–Trinajstić information content (AvgIpc) is 3.14. The number of rotatable bonds is 5. The maximum atomic E-state index is 13.1. The van der Waals surface area contributed by atoms with Crippen LogP contribution in [0.25, 0.3) is 22.2 Å². The summed E-state index contributed by atoms with van der Waals surface area (Å²) >= 11 is 0. The topological polar surface area (TPSA) is 103 Å². The molecule has 8 nitrogen and oxygen atoms in total. The number of nitro groups is 1. The van der Waals surface area contributed by atoms with E-state index < -0.39 is 4.92 Å². The van der Waals surface area contributed by atoms with E-state index in [-0.39, 0.29) is 11.6 Å². The molecule has 0 aliphatic heterocycles. The first kappa shape index (κ1) is 19.3. The van der Waals surface area contributed by atoms with Gasteiger partial charge in [-0.3, -0.25) is 19.6 Å². The van der Waals surface area contributed by atoms with Crippen LogP contribution in [0.15, 0.2) is 60.8 Å². The third-order valence-corrected chi connectivity index (χ3v) is 4.84. The fraction of sp³-hybridized carbons (Fsp3) is 0.136. The number of pyridine rings is 1. The number of hydrogen-bond acceptors (Lipinski definition) is 5. The van der Waals surface area contributed by atoms with Crippen molar-refractivity contribution in [1.29, 1.82) is 0 Å². The van der Waals surface area contributed by atoms with Crippen molar-refractivity contribution in [3.63, 3.8) is 0 Å². The number of hydrogen-bond donors (Lipinski definition) is 1.